The van der Waals surface area contributed by atoms with Gasteiger partial charge < -0.3 is 10.6 Å². The van der Waals surface area contributed by atoms with Gasteiger partial charge in [0, 0.05) is 35.2 Å². The van der Waals surface area contributed by atoms with E-state index in [1.54, 1.807) is 42.5 Å². The molecule has 5 heteroatoms. The van der Waals surface area contributed by atoms with Gasteiger partial charge in [0.15, 0.2) is 0 Å². The molecule has 1 aromatic heterocycles. The molecular formula is C15H16BrN3O. The Balaban J connectivity index is 2.24. The second-order valence-corrected chi connectivity index (χ2v) is 5.56. The number of amides is 1. The van der Waals surface area contributed by atoms with Gasteiger partial charge in [-0.15, -0.1) is 0 Å². The van der Waals surface area contributed by atoms with E-state index < -0.39 is 0 Å². The molecule has 2 rings (SSSR count). The molecule has 0 bridgehead atoms. The van der Waals surface area contributed by atoms with Crippen molar-refractivity contribution in [3.8, 4) is 0 Å². The highest BCUT2D eigenvalue weighted by Crippen LogP contribution is 2.23. The Morgan fingerprint density at radius 2 is 1.95 bits per heavy atom. The summed E-state index contributed by atoms with van der Waals surface area (Å²) in [7, 11) is 1.78. The van der Waals surface area contributed by atoms with Gasteiger partial charge in [0.05, 0.1) is 6.04 Å². The molecule has 1 heterocycles. The predicted molar refractivity (Wildman–Crippen MR) is 83.3 cm³/mol. The summed E-state index contributed by atoms with van der Waals surface area (Å²) in [6.45, 7) is 1.98. The van der Waals surface area contributed by atoms with Crippen molar-refractivity contribution >= 4 is 27.5 Å². The Morgan fingerprint density at radius 1 is 1.30 bits per heavy atom. The first kappa shape index (κ1) is 14.5. The zero-order valence-corrected chi connectivity index (χ0v) is 13.0. The van der Waals surface area contributed by atoms with Crippen LogP contribution in [0.2, 0.25) is 0 Å². The first-order valence-electron chi connectivity index (χ1n) is 6.22. The highest BCUT2D eigenvalue weighted by atomic mass is 79.9. The molecule has 104 valence electrons. The summed E-state index contributed by atoms with van der Waals surface area (Å²) in [5.41, 5.74) is 7.95. The first-order chi connectivity index (χ1) is 9.49. The van der Waals surface area contributed by atoms with E-state index in [1.165, 1.54) is 0 Å². The van der Waals surface area contributed by atoms with Crippen LogP contribution in [0.15, 0.2) is 47.2 Å². The van der Waals surface area contributed by atoms with Crippen LogP contribution in [0.5, 0.6) is 0 Å². The van der Waals surface area contributed by atoms with E-state index in [4.69, 9.17) is 5.73 Å². The summed E-state index contributed by atoms with van der Waals surface area (Å²) in [4.78, 5) is 18.2. The number of benzene rings is 1. The van der Waals surface area contributed by atoms with Gasteiger partial charge in [-0.2, -0.15) is 0 Å². The lowest BCUT2D eigenvalue weighted by Gasteiger charge is -2.25. The average Bonchev–Trinajstić information content (AvgIpc) is 2.45. The zero-order chi connectivity index (χ0) is 14.7. The number of anilines is 1. The number of aromatic nitrogens is 1. The van der Waals surface area contributed by atoms with E-state index in [9.17, 15) is 4.79 Å². The van der Waals surface area contributed by atoms with Crippen molar-refractivity contribution < 1.29 is 4.79 Å². The van der Waals surface area contributed by atoms with Gasteiger partial charge >= 0.3 is 0 Å². The van der Waals surface area contributed by atoms with E-state index in [2.05, 4.69) is 20.9 Å². The van der Waals surface area contributed by atoms with E-state index >= 15 is 0 Å². The molecule has 0 saturated heterocycles. The smallest absolute Gasteiger partial charge is 0.254 e. The lowest BCUT2D eigenvalue weighted by atomic mass is 10.1. The third-order valence-electron chi connectivity index (χ3n) is 3.26. The number of rotatable bonds is 3. The summed E-state index contributed by atoms with van der Waals surface area (Å²) < 4.78 is 0.797. The Bertz CT molecular complexity index is 596. The summed E-state index contributed by atoms with van der Waals surface area (Å²) in [6, 6.07) is 9.00. The van der Waals surface area contributed by atoms with Crippen molar-refractivity contribution in [3.63, 3.8) is 0 Å². The number of nitrogen functional groups attached to an aromatic ring is 1. The number of pyridine rings is 1. The van der Waals surface area contributed by atoms with Gasteiger partial charge in [0.25, 0.3) is 5.91 Å². The van der Waals surface area contributed by atoms with Crippen molar-refractivity contribution in [2.24, 2.45) is 0 Å². The van der Waals surface area contributed by atoms with Gasteiger partial charge in [0.2, 0.25) is 0 Å². The zero-order valence-electron chi connectivity index (χ0n) is 11.4. The van der Waals surface area contributed by atoms with Crippen LogP contribution in [-0.4, -0.2) is 22.8 Å². The quantitative estimate of drug-likeness (QED) is 0.877. The molecule has 0 aliphatic heterocycles. The lowest BCUT2D eigenvalue weighted by Crippen LogP contribution is -2.29. The van der Waals surface area contributed by atoms with Crippen LogP contribution in [0.3, 0.4) is 0 Å². The summed E-state index contributed by atoms with van der Waals surface area (Å²) >= 11 is 3.35. The van der Waals surface area contributed by atoms with Gasteiger partial charge in [-0.1, -0.05) is 15.9 Å². The molecule has 0 fully saturated rings. The number of nitrogens with zero attached hydrogens (tertiary/aromatic N) is 2. The number of carbonyl (C=O) groups is 1. The van der Waals surface area contributed by atoms with Gasteiger partial charge in [-0.3, -0.25) is 9.78 Å². The largest absolute Gasteiger partial charge is 0.399 e. The molecule has 2 N–H and O–H groups in total. The minimum Gasteiger partial charge on any atom is -0.399 e. The third-order valence-corrected chi connectivity index (χ3v) is 3.71. The number of hydrogen-bond donors (Lipinski definition) is 1. The monoisotopic (exact) mass is 333 g/mol. The Hall–Kier alpha value is -1.88. The number of hydrogen-bond acceptors (Lipinski definition) is 3. The molecule has 0 saturated carbocycles. The Labute approximate surface area is 126 Å². The van der Waals surface area contributed by atoms with Crippen molar-refractivity contribution in [3.05, 3.63) is 58.3 Å². The topological polar surface area (TPSA) is 59.2 Å². The van der Waals surface area contributed by atoms with E-state index in [0.29, 0.717) is 11.3 Å². The molecule has 1 aromatic carbocycles. The summed E-state index contributed by atoms with van der Waals surface area (Å²) in [5, 5.41) is 0. The van der Waals surface area contributed by atoms with Gasteiger partial charge in [-0.25, -0.2) is 0 Å². The SMILES string of the molecule is CC(c1ccncc1)N(C)C(=O)c1cc(N)cc(Br)c1. The van der Waals surface area contributed by atoms with Crippen LogP contribution in [0.1, 0.15) is 28.9 Å². The highest BCUT2D eigenvalue weighted by molar-refractivity contribution is 9.10. The Kier molecular flexibility index (Phi) is 4.39. The molecular weight excluding hydrogens is 318 g/mol. The molecule has 2 aromatic rings. The molecule has 0 aliphatic rings. The maximum atomic E-state index is 12.5. The van der Waals surface area contributed by atoms with Crippen molar-refractivity contribution in [2.75, 3.05) is 12.8 Å². The number of carbonyl (C=O) groups excluding carboxylic acids is 1. The minimum atomic E-state index is -0.0673. The summed E-state index contributed by atoms with van der Waals surface area (Å²) in [5.74, 6) is -0.0673. The number of halogens is 1. The fourth-order valence-electron chi connectivity index (χ4n) is 1.98. The third kappa shape index (κ3) is 3.17. The first-order valence-corrected chi connectivity index (χ1v) is 7.01. The highest BCUT2D eigenvalue weighted by Gasteiger charge is 2.19. The summed E-state index contributed by atoms with van der Waals surface area (Å²) in [6.07, 6.45) is 3.45. The van der Waals surface area contributed by atoms with Gasteiger partial charge in [0.1, 0.15) is 0 Å². The Morgan fingerprint density at radius 3 is 2.55 bits per heavy atom. The number of nitrogens with two attached hydrogens (primary N) is 1. The fraction of sp³-hybridized carbons (Fsp3) is 0.200. The maximum Gasteiger partial charge on any atom is 0.254 e. The van der Waals surface area contributed by atoms with Crippen LogP contribution in [0, 0.1) is 0 Å². The molecule has 4 nitrogen and oxygen atoms in total. The fourth-order valence-corrected chi connectivity index (χ4v) is 2.49. The normalized spacial score (nSPS) is 11.9. The molecule has 1 amide bonds. The van der Waals surface area contributed by atoms with Gasteiger partial charge in [-0.05, 0) is 42.8 Å². The van der Waals surface area contributed by atoms with Crippen molar-refractivity contribution in [1.29, 1.82) is 0 Å². The van der Waals surface area contributed by atoms with Crippen LogP contribution < -0.4 is 5.73 Å². The molecule has 0 spiro atoms. The van der Waals surface area contributed by atoms with E-state index in [1.807, 2.05) is 19.1 Å². The van der Waals surface area contributed by atoms with E-state index in [0.717, 1.165) is 10.0 Å². The molecule has 1 atom stereocenters. The lowest BCUT2D eigenvalue weighted by molar-refractivity contribution is 0.0742. The molecule has 0 aliphatic carbocycles. The molecule has 0 radical (unpaired) electrons. The second-order valence-electron chi connectivity index (χ2n) is 4.65. The standard InChI is InChI=1S/C15H16BrN3O/c1-10(11-3-5-18-6-4-11)19(2)15(20)12-7-13(16)9-14(17)8-12/h3-10H,17H2,1-2H3. The van der Waals surface area contributed by atoms with Crippen LogP contribution >= 0.6 is 15.9 Å². The van der Waals surface area contributed by atoms with Crippen LogP contribution in [0.4, 0.5) is 5.69 Å². The van der Waals surface area contributed by atoms with Crippen molar-refractivity contribution in [1.82, 2.24) is 9.88 Å². The van der Waals surface area contributed by atoms with Crippen LogP contribution in [0.25, 0.3) is 0 Å². The van der Waals surface area contributed by atoms with E-state index in [-0.39, 0.29) is 11.9 Å². The second kappa shape index (κ2) is 6.05. The van der Waals surface area contributed by atoms with Crippen LogP contribution in [-0.2, 0) is 0 Å². The molecule has 1 unspecified atom stereocenters. The maximum absolute atomic E-state index is 12.5. The molecule has 20 heavy (non-hydrogen) atoms. The van der Waals surface area contributed by atoms with Crippen molar-refractivity contribution in [2.45, 2.75) is 13.0 Å². The average molecular weight is 334 g/mol. The predicted octanol–water partition coefficient (Wildman–Crippen LogP) is 3.26. The minimum absolute atomic E-state index is 0.0364.